The summed E-state index contributed by atoms with van der Waals surface area (Å²) in [6.07, 6.45) is 13.1. The van der Waals surface area contributed by atoms with E-state index in [2.05, 4.69) is 13.8 Å². The zero-order valence-electron chi connectivity index (χ0n) is 12.0. The van der Waals surface area contributed by atoms with Gasteiger partial charge in [0.1, 0.15) is 0 Å². The van der Waals surface area contributed by atoms with Gasteiger partial charge in [-0.1, -0.05) is 39.0 Å². The van der Waals surface area contributed by atoms with E-state index in [1.807, 2.05) is 0 Å². The summed E-state index contributed by atoms with van der Waals surface area (Å²) in [4.78, 5) is 0. The Bertz CT molecular complexity index is 164. The zero-order chi connectivity index (χ0) is 11.7. The Hall–Kier alpha value is 0.250. The molecule has 1 aliphatic rings. The van der Waals surface area contributed by atoms with E-state index in [0.717, 1.165) is 0 Å². The second kappa shape index (κ2) is 10.2. The highest BCUT2D eigenvalue weighted by Crippen LogP contribution is 2.20. The van der Waals surface area contributed by atoms with Crippen LogP contribution in [0.2, 0.25) is 0 Å². The van der Waals surface area contributed by atoms with Gasteiger partial charge in [-0.15, -0.1) is 0 Å². The lowest BCUT2D eigenvalue weighted by molar-refractivity contribution is -0.915. The number of unbranched alkanes of at least 4 members (excludes halogenated alkanes) is 6. The van der Waals surface area contributed by atoms with E-state index in [1.54, 1.807) is 0 Å². The van der Waals surface area contributed by atoms with Gasteiger partial charge < -0.3 is 16.9 Å². The lowest BCUT2D eigenvalue weighted by Crippen LogP contribution is -3.00. The first-order valence-electron chi connectivity index (χ1n) is 7.68. The SMILES string of the molecule is CCCCCCCCC[N+]1(CC)CCCC1.[Cl-]. The Morgan fingerprint density at radius 3 is 1.82 bits per heavy atom. The third-order valence-corrected chi connectivity index (χ3v) is 4.42. The number of hydrogen-bond donors (Lipinski definition) is 0. The Labute approximate surface area is 115 Å². The molecule has 0 aromatic carbocycles. The fourth-order valence-electron chi connectivity index (χ4n) is 3.11. The molecule has 1 saturated heterocycles. The molecule has 0 radical (unpaired) electrons. The summed E-state index contributed by atoms with van der Waals surface area (Å²) in [6.45, 7) is 10.4. The van der Waals surface area contributed by atoms with Crippen LogP contribution in [0.3, 0.4) is 0 Å². The van der Waals surface area contributed by atoms with Gasteiger partial charge in [0.05, 0.1) is 26.2 Å². The van der Waals surface area contributed by atoms with Crippen molar-refractivity contribution in [3.63, 3.8) is 0 Å². The summed E-state index contributed by atoms with van der Waals surface area (Å²) in [5, 5.41) is 0. The maximum atomic E-state index is 2.38. The maximum Gasteiger partial charge on any atom is 0.0788 e. The predicted molar refractivity (Wildman–Crippen MR) is 72.6 cm³/mol. The minimum atomic E-state index is 0. The second-order valence-electron chi connectivity index (χ2n) is 5.66. The van der Waals surface area contributed by atoms with Crippen LogP contribution in [0.25, 0.3) is 0 Å². The van der Waals surface area contributed by atoms with Gasteiger partial charge in [0.25, 0.3) is 0 Å². The Morgan fingerprint density at radius 2 is 1.29 bits per heavy atom. The molecule has 0 aromatic rings. The summed E-state index contributed by atoms with van der Waals surface area (Å²) in [6, 6.07) is 0. The molecule has 0 unspecified atom stereocenters. The van der Waals surface area contributed by atoms with Gasteiger partial charge in [-0.25, -0.2) is 0 Å². The lowest BCUT2D eigenvalue weighted by atomic mass is 10.1. The van der Waals surface area contributed by atoms with E-state index in [4.69, 9.17) is 0 Å². The van der Waals surface area contributed by atoms with Crippen molar-refractivity contribution in [3.8, 4) is 0 Å². The van der Waals surface area contributed by atoms with E-state index in [-0.39, 0.29) is 12.4 Å². The van der Waals surface area contributed by atoms with E-state index < -0.39 is 0 Å². The molecule has 1 fully saturated rings. The number of likely N-dealkylation sites (tertiary alicyclic amines) is 1. The molecule has 0 aromatic heterocycles. The highest BCUT2D eigenvalue weighted by atomic mass is 35.5. The fraction of sp³-hybridized carbons (Fsp3) is 1.00. The van der Waals surface area contributed by atoms with Crippen molar-refractivity contribution in [1.82, 2.24) is 0 Å². The van der Waals surface area contributed by atoms with Crippen LogP contribution in [-0.2, 0) is 0 Å². The van der Waals surface area contributed by atoms with Crippen LogP contribution < -0.4 is 12.4 Å². The quantitative estimate of drug-likeness (QED) is 0.435. The first kappa shape index (κ1) is 17.2. The van der Waals surface area contributed by atoms with Crippen molar-refractivity contribution < 1.29 is 16.9 Å². The third kappa shape index (κ3) is 6.67. The average molecular weight is 262 g/mol. The number of hydrogen-bond acceptors (Lipinski definition) is 0. The standard InChI is InChI=1S/C15H32N.ClH/c1-3-5-6-7-8-9-10-13-16(4-2)14-11-12-15-16;/h3-15H2,1-2H3;1H/q+1;/p-1. The molecule has 1 aliphatic heterocycles. The van der Waals surface area contributed by atoms with Crippen LogP contribution in [0.1, 0.15) is 71.6 Å². The molecule has 0 N–H and O–H groups in total. The summed E-state index contributed by atoms with van der Waals surface area (Å²) < 4.78 is 1.44. The van der Waals surface area contributed by atoms with Crippen LogP contribution in [0, 0.1) is 0 Å². The number of quaternary nitrogens is 1. The predicted octanol–water partition coefficient (Wildman–Crippen LogP) is 1.37. The molecule has 0 aliphatic carbocycles. The van der Waals surface area contributed by atoms with E-state index in [9.17, 15) is 0 Å². The molecule has 1 nitrogen and oxygen atoms in total. The van der Waals surface area contributed by atoms with Gasteiger partial charge in [-0.05, 0) is 19.8 Å². The smallest absolute Gasteiger partial charge is 0.0788 e. The minimum absolute atomic E-state index is 0. The summed E-state index contributed by atoms with van der Waals surface area (Å²) in [5.41, 5.74) is 0. The molecule has 0 spiro atoms. The average Bonchev–Trinajstić information content (AvgIpc) is 2.77. The van der Waals surface area contributed by atoms with E-state index in [1.165, 1.54) is 88.4 Å². The molecule has 0 saturated carbocycles. The highest BCUT2D eigenvalue weighted by molar-refractivity contribution is 4.54. The maximum absolute atomic E-state index is 2.38. The number of nitrogens with zero attached hydrogens (tertiary/aromatic N) is 1. The molecule has 104 valence electrons. The van der Waals surface area contributed by atoms with Crippen LogP contribution in [0.4, 0.5) is 0 Å². The van der Waals surface area contributed by atoms with Gasteiger partial charge in [-0.2, -0.15) is 0 Å². The lowest BCUT2D eigenvalue weighted by Gasteiger charge is -2.33. The van der Waals surface area contributed by atoms with Crippen LogP contribution in [0.15, 0.2) is 0 Å². The van der Waals surface area contributed by atoms with Crippen molar-refractivity contribution in [2.75, 3.05) is 26.2 Å². The third-order valence-electron chi connectivity index (χ3n) is 4.42. The molecular formula is C15H32ClN. The van der Waals surface area contributed by atoms with Crippen molar-refractivity contribution in [2.45, 2.75) is 71.6 Å². The van der Waals surface area contributed by atoms with Gasteiger partial charge >= 0.3 is 0 Å². The highest BCUT2D eigenvalue weighted by Gasteiger charge is 2.28. The normalized spacial score (nSPS) is 18.0. The van der Waals surface area contributed by atoms with Gasteiger partial charge in [0.15, 0.2) is 0 Å². The molecule has 1 rings (SSSR count). The zero-order valence-corrected chi connectivity index (χ0v) is 12.8. The van der Waals surface area contributed by atoms with E-state index in [0.29, 0.717) is 0 Å². The Morgan fingerprint density at radius 1 is 0.765 bits per heavy atom. The van der Waals surface area contributed by atoms with Gasteiger partial charge in [-0.3, -0.25) is 0 Å². The van der Waals surface area contributed by atoms with Gasteiger partial charge in [0.2, 0.25) is 0 Å². The molecule has 2 heteroatoms. The summed E-state index contributed by atoms with van der Waals surface area (Å²) in [5.74, 6) is 0. The van der Waals surface area contributed by atoms with Crippen LogP contribution in [0.5, 0.6) is 0 Å². The molecule has 0 atom stereocenters. The number of rotatable bonds is 9. The van der Waals surface area contributed by atoms with Crippen molar-refractivity contribution in [3.05, 3.63) is 0 Å². The summed E-state index contributed by atoms with van der Waals surface area (Å²) in [7, 11) is 0. The molecular weight excluding hydrogens is 230 g/mol. The van der Waals surface area contributed by atoms with Gasteiger partial charge in [0, 0.05) is 12.8 Å². The Kier molecular flexibility index (Phi) is 10.3. The molecule has 0 amide bonds. The first-order valence-corrected chi connectivity index (χ1v) is 7.68. The largest absolute Gasteiger partial charge is 1.00 e. The van der Waals surface area contributed by atoms with Crippen molar-refractivity contribution >= 4 is 0 Å². The second-order valence-corrected chi connectivity index (χ2v) is 5.66. The van der Waals surface area contributed by atoms with Crippen LogP contribution >= 0.6 is 0 Å². The van der Waals surface area contributed by atoms with Crippen molar-refractivity contribution in [1.29, 1.82) is 0 Å². The van der Waals surface area contributed by atoms with Crippen LogP contribution in [-0.4, -0.2) is 30.7 Å². The molecule has 1 heterocycles. The molecule has 0 bridgehead atoms. The topological polar surface area (TPSA) is 0 Å². The van der Waals surface area contributed by atoms with Crippen molar-refractivity contribution in [2.24, 2.45) is 0 Å². The molecule has 17 heavy (non-hydrogen) atoms. The minimum Gasteiger partial charge on any atom is -1.00 e. The van der Waals surface area contributed by atoms with E-state index >= 15 is 0 Å². The Balaban J connectivity index is 0.00000256. The fourth-order valence-corrected chi connectivity index (χ4v) is 3.11. The number of halogens is 1. The monoisotopic (exact) mass is 261 g/mol. The first-order chi connectivity index (χ1) is 7.83. The summed E-state index contributed by atoms with van der Waals surface area (Å²) >= 11 is 0.